The number of nitrogens with one attached hydrogen (secondary N) is 2. The average molecular weight is 362 g/mol. The lowest BCUT2D eigenvalue weighted by Gasteiger charge is -2.45. The SMILES string of the molecule is O=C(/C=C/c1cncnc1)C1C(=O)NC2CNCCC2C1c1ccccc1. The number of aromatic nitrogens is 2. The monoisotopic (exact) mass is 362 g/mol. The van der Waals surface area contributed by atoms with Gasteiger partial charge in [-0.05, 0) is 36.6 Å². The Morgan fingerprint density at radius 1 is 1.15 bits per heavy atom. The topological polar surface area (TPSA) is 84.0 Å². The summed E-state index contributed by atoms with van der Waals surface area (Å²) in [6.07, 6.45) is 8.80. The summed E-state index contributed by atoms with van der Waals surface area (Å²) < 4.78 is 0. The van der Waals surface area contributed by atoms with E-state index in [4.69, 9.17) is 0 Å². The second kappa shape index (κ2) is 7.80. The van der Waals surface area contributed by atoms with Crippen LogP contribution in [0.3, 0.4) is 0 Å². The third-order valence-electron chi connectivity index (χ3n) is 5.48. The van der Waals surface area contributed by atoms with Crippen LogP contribution in [-0.2, 0) is 9.59 Å². The molecule has 0 saturated carbocycles. The minimum absolute atomic E-state index is 0.0620. The molecule has 1 aromatic heterocycles. The van der Waals surface area contributed by atoms with Gasteiger partial charge >= 0.3 is 0 Å². The molecule has 0 bridgehead atoms. The van der Waals surface area contributed by atoms with Gasteiger partial charge in [-0.2, -0.15) is 0 Å². The van der Waals surface area contributed by atoms with E-state index in [9.17, 15) is 9.59 Å². The summed E-state index contributed by atoms with van der Waals surface area (Å²) in [7, 11) is 0. The van der Waals surface area contributed by atoms with Gasteiger partial charge in [0.2, 0.25) is 5.91 Å². The molecule has 4 atom stereocenters. The average Bonchev–Trinajstić information content (AvgIpc) is 2.72. The van der Waals surface area contributed by atoms with Crippen molar-refractivity contribution < 1.29 is 9.59 Å². The van der Waals surface area contributed by atoms with Crippen LogP contribution in [0.4, 0.5) is 0 Å². The summed E-state index contributed by atoms with van der Waals surface area (Å²) in [5.74, 6) is -0.951. The second-order valence-corrected chi connectivity index (χ2v) is 7.09. The number of piperidine rings is 2. The first-order valence-corrected chi connectivity index (χ1v) is 9.27. The number of allylic oxidation sites excluding steroid dienone is 1. The fourth-order valence-corrected chi connectivity index (χ4v) is 4.25. The van der Waals surface area contributed by atoms with Gasteiger partial charge in [-0.15, -0.1) is 0 Å². The van der Waals surface area contributed by atoms with Crippen LogP contribution in [0.5, 0.6) is 0 Å². The highest BCUT2D eigenvalue weighted by molar-refractivity contribution is 6.09. The molecular weight excluding hydrogens is 340 g/mol. The molecule has 4 unspecified atom stereocenters. The van der Waals surface area contributed by atoms with Gasteiger partial charge in [-0.1, -0.05) is 30.3 Å². The number of ketones is 1. The minimum atomic E-state index is -0.715. The van der Waals surface area contributed by atoms with Crippen LogP contribution in [0.15, 0.2) is 55.1 Å². The van der Waals surface area contributed by atoms with Gasteiger partial charge in [-0.25, -0.2) is 9.97 Å². The Bertz CT molecular complexity index is 838. The number of hydrogen-bond acceptors (Lipinski definition) is 5. The summed E-state index contributed by atoms with van der Waals surface area (Å²) in [5.41, 5.74) is 1.79. The van der Waals surface area contributed by atoms with E-state index in [-0.39, 0.29) is 29.6 Å². The summed E-state index contributed by atoms with van der Waals surface area (Å²) in [5, 5.41) is 6.41. The number of carbonyl (C=O) groups excluding carboxylic acids is 2. The summed E-state index contributed by atoms with van der Waals surface area (Å²) in [6.45, 7) is 1.65. The highest BCUT2D eigenvalue weighted by Crippen LogP contribution is 2.41. The molecule has 6 heteroatoms. The van der Waals surface area contributed by atoms with Gasteiger partial charge in [0, 0.05) is 36.5 Å². The predicted molar refractivity (Wildman–Crippen MR) is 102 cm³/mol. The van der Waals surface area contributed by atoms with Crippen LogP contribution in [0.25, 0.3) is 6.08 Å². The van der Waals surface area contributed by atoms with Crippen molar-refractivity contribution in [3.8, 4) is 0 Å². The summed E-state index contributed by atoms with van der Waals surface area (Å²) in [4.78, 5) is 33.8. The number of carbonyl (C=O) groups is 2. The van der Waals surface area contributed by atoms with Crippen LogP contribution >= 0.6 is 0 Å². The normalized spacial score (nSPS) is 27.8. The maximum atomic E-state index is 13.0. The van der Waals surface area contributed by atoms with Crippen LogP contribution in [0.1, 0.15) is 23.5 Å². The zero-order chi connectivity index (χ0) is 18.6. The Hall–Kier alpha value is -2.86. The zero-order valence-corrected chi connectivity index (χ0v) is 14.9. The Morgan fingerprint density at radius 3 is 2.70 bits per heavy atom. The van der Waals surface area contributed by atoms with Gasteiger partial charge in [0.15, 0.2) is 5.78 Å². The third kappa shape index (κ3) is 3.66. The van der Waals surface area contributed by atoms with Crippen molar-refractivity contribution in [1.82, 2.24) is 20.6 Å². The molecule has 2 fully saturated rings. The first-order chi connectivity index (χ1) is 13.2. The third-order valence-corrected chi connectivity index (χ3v) is 5.48. The first-order valence-electron chi connectivity index (χ1n) is 9.27. The Morgan fingerprint density at radius 2 is 1.93 bits per heavy atom. The standard InChI is InChI=1S/C21H22N4O2/c26-18(7-6-14-10-23-13-24-11-14)20-19(15-4-2-1-3-5-15)16-8-9-22-12-17(16)25-21(20)27/h1-7,10-11,13,16-17,19-20,22H,8-9,12H2,(H,25,27)/b7-6+. The summed E-state index contributed by atoms with van der Waals surface area (Å²) in [6, 6.07) is 10.0. The zero-order valence-electron chi connectivity index (χ0n) is 14.9. The Kier molecular flexibility index (Phi) is 5.07. The van der Waals surface area contributed by atoms with Gasteiger partial charge < -0.3 is 10.6 Å². The van der Waals surface area contributed by atoms with Gasteiger partial charge in [-0.3, -0.25) is 9.59 Å². The van der Waals surface area contributed by atoms with Crippen LogP contribution in [0.2, 0.25) is 0 Å². The van der Waals surface area contributed by atoms with Crippen molar-refractivity contribution in [2.75, 3.05) is 13.1 Å². The molecule has 27 heavy (non-hydrogen) atoms. The first kappa shape index (κ1) is 17.5. The van der Waals surface area contributed by atoms with E-state index in [1.54, 1.807) is 18.5 Å². The number of amides is 1. The van der Waals surface area contributed by atoms with Crippen LogP contribution < -0.4 is 10.6 Å². The molecule has 4 rings (SSSR count). The molecule has 2 N–H and O–H groups in total. The molecule has 138 valence electrons. The molecule has 2 aromatic rings. The number of rotatable bonds is 4. The molecular formula is C21H22N4O2. The van der Waals surface area contributed by atoms with E-state index in [0.29, 0.717) is 0 Å². The molecule has 0 spiro atoms. The van der Waals surface area contributed by atoms with Crippen molar-refractivity contribution in [3.05, 3.63) is 66.3 Å². The molecule has 1 amide bonds. The van der Waals surface area contributed by atoms with Crippen molar-refractivity contribution >= 4 is 17.8 Å². The van der Waals surface area contributed by atoms with Crippen molar-refractivity contribution in [3.63, 3.8) is 0 Å². The van der Waals surface area contributed by atoms with Gasteiger partial charge in [0.25, 0.3) is 0 Å². The van der Waals surface area contributed by atoms with Gasteiger partial charge in [0.1, 0.15) is 12.2 Å². The lowest BCUT2D eigenvalue weighted by atomic mass is 9.67. The summed E-state index contributed by atoms with van der Waals surface area (Å²) >= 11 is 0. The highest BCUT2D eigenvalue weighted by atomic mass is 16.2. The molecule has 3 heterocycles. The Labute approximate surface area is 158 Å². The maximum absolute atomic E-state index is 13.0. The molecule has 2 aliphatic heterocycles. The molecule has 1 aromatic carbocycles. The van der Waals surface area contributed by atoms with E-state index in [1.807, 2.05) is 30.3 Å². The largest absolute Gasteiger partial charge is 0.351 e. The molecule has 6 nitrogen and oxygen atoms in total. The number of hydrogen-bond donors (Lipinski definition) is 2. The number of nitrogens with zero attached hydrogens (tertiary/aromatic N) is 2. The fourth-order valence-electron chi connectivity index (χ4n) is 4.25. The lowest BCUT2D eigenvalue weighted by Crippen LogP contribution is -2.61. The molecule has 2 aliphatic rings. The van der Waals surface area contributed by atoms with Crippen molar-refractivity contribution in [1.29, 1.82) is 0 Å². The van der Waals surface area contributed by atoms with E-state index in [1.165, 1.54) is 12.4 Å². The van der Waals surface area contributed by atoms with Gasteiger partial charge in [0.05, 0.1) is 0 Å². The van der Waals surface area contributed by atoms with Crippen molar-refractivity contribution in [2.45, 2.75) is 18.4 Å². The van der Waals surface area contributed by atoms with Crippen LogP contribution in [-0.4, -0.2) is 40.8 Å². The molecule has 2 saturated heterocycles. The smallest absolute Gasteiger partial charge is 0.231 e. The minimum Gasteiger partial charge on any atom is -0.351 e. The lowest BCUT2D eigenvalue weighted by molar-refractivity contribution is -0.137. The fraction of sp³-hybridized carbons (Fsp3) is 0.333. The predicted octanol–water partition coefficient (Wildman–Crippen LogP) is 1.57. The quantitative estimate of drug-likeness (QED) is 0.637. The van der Waals surface area contributed by atoms with E-state index < -0.39 is 5.92 Å². The van der Waals surface area contributed by atoms with E-state index in [0.717, 1.165) is 30.6 Å². The second-order valence-electron chi connectivity index (χ2n) is 7.09. The van der Waals surface area contributed by atoms with E-state index >= 15 is 0 Å². The number of benzene rings is 1. The Balaban J connectivity index is 1.66. The number of fused-ring (bicyclic) bond motifs is 1. The molecule has 0 radical (unpaired) electrons. The van der Waals surface area contributed by atoms with Crippen molar-refractivity contribution in [2.24, 2.45) is 11.8 Å². The molecule has 0 aliphatic carbocycles. The maximum Gasteiger partial charge on any atom is 0.231 e. The van der Waals surface area contributed by atoms with Crippen LogP contribution in [0, 0.1) is 11.8 Å². The van der Waals surface area contributed by atoms with E-state index in [2.05, 4.69) is 20.6 Å². The highest BCUT2D eigenvalue weighted by Gasteiger charge is 2.47.